The van der Waals surface area contributed by atoms with E-state index in [1.54, 1.807) is 0 Å². The van der Waals surface area contributed by atoms with Crippen molar-refractivity contribution in [2.45, 2.75) is 51.5 Å². The van der Waals surface area contributed by atoms with E-state index in [4.69, 9.17) is 5.73 Å². The summed E-state index contributed by atoms with van der Waals surface area (Å²) in [6.45, 7) is 2.17. The van der Waals surface area contributed by atoms with Crippen LogP contribution >= 0.6 is 12.4 Å². The van der Waals surface area contributed by atoms with Gasteiger partial charge >= 0.3 is 0 Å². The van der Waals surface area contributed by atoms with Crippen LogP contribution in [-0.2, 0) is 6.42 Å². The fraction of sp³-hybridized carbons (Fsp3) is 0.400. The van der Waals surface area contributed by atoms with Crippen molar-refractivity contribution in [2.24, 2.45) is 5.73 Å². The maximum Gasteiger partial charge on any atom is 0.00362 e. The first-order valence-electron chi connectivity index (χ1n) is 8.19. The summed E-state index contributed by atoms with van der Waals surface area (Å²) < 4.78 is 0. The molecule has 0 saturated carbocycles. The van der Waals surface area contributed by atoms with E-state index in [2.05, 4.69) is 61.5 Å². The van der Waals surface area contributed by atoms with Gasteiger partial charge in [0.15, 0.2) is 0 Å². The van der Waals surface area contributed by atoms with Gasteiger partial charge in [0.1, 0.15) is 0 Å². The van der Waals surface area contributed by atoms with Gasteiger partial charge in [0.05, 0.1) is 0 Å². The summed E-state index contributed by atoms with van der Waals surface area (Å²) in [6.07, 6.45) is 7.26. The molecule has 2 N–H and O–H groups in total. The molecule has 2 rings (SSSR count). The van der Waals surface area contributed by atoms with Crippen molar-refractivity contribution in [1.29, 1.82) is 0 Å². The summed E-state index contributed by atoms with van der Waals surface area (Å²) in [5, 5.41) is 0. The Kier molecular flexibility index (Phi) is 8.88. The number of aryl methyl sites for hydroxylation is 1. The number of hydrogen-bond donors (Lipinski definition) is 1. The summed E-state index contributed by atoms with van der Waals surface area (Å²) in [6, 6.07) is 19.9. The van der Waals surface area contributed by atoms with Crippen LogP contribution in [0.3, 0.4) is 0 Å². The molecule has 1 atom stereocenters. The molecule has 2 aromatic rings. The molecule has 22 heavy (non-hydrogen) atoms. The van der Waals surface area contributed by atoms with Gasteiger partial charge in [-0.25, -0.2) is 0 Å². The largest absolute Gasteiger partial charge is 0.328 e. The fourth-order valence-electron chi connectivity index (χ4n) is 2.61. The van der Waals surface area contributed by atoms with E-state index < -0.39 is 0 Å². The number of halogens is 1. The third-order valence-electron chi connectivity index (χ3n) is 4.13. The second kappa shape index (κ2) is 10.4. The lowest BCUT2D eigenvalue weighted by molar-refractivity contribution is 0.540. The Labute approximate surface area is 141 Å². The third-order valence-corrected chi connectivity index (χ3v) is 4.13. The van der Waals surface area contributed by atoms with Crippen molar-refractivity contribution in [1.82, 2.24) is 0 Å². The first kappa shape index (κ1) is 18.7. The quantitative estimate of drug-likeness (QED) is 0.629. The van der Waals surface area contributed by atoms with Gasteiger partial charge in [-0.1, -0.05) is 74.4 Å². The van der Waals surface area contributed by atoms with E-state index in [1.165, 1.54) is 48.8 Å². The molecule has 0 spiro atoms. The van der Waals surface area contributed by atoms with Crippen molar-refractivity contribution < 1.29 is 0 Å². The minimum atomic E-state index is 0. The highest BCUT2D eigenvalue weighted by molar-refractivity contribution is 5.85. The van der Waals surface area contributed by atoms with Crippen LogP contribution < -0.4 is 5.73 Å². The van der Waals surface area contributed by atoms with Gasteiger partial charge in [-0.15, -0.1) is 12.4 Å². The van der Waals surface area contributed by atoms with Crippen LogP contribution in [-0.4, -0.2) is 6.04 Å². The molecule has 0 aromatic heterocycles. The van der Waals surface area contributed by atoms with Crippen LogP contribution in [0.1, 0.15) is 44.6 Å². The zero-order valence-corrected chi connectivity index (χ0v) is 14.3. The number of nitrogens with two attached hydrogens (primary N) is 1. The molecule has 0 amide bonds. The molecule has 0 aliphatic heterocycles. The number of unbranched alkanes of at least 4 members (excludes halogenated alkanes) is 2. The van der Waals surface area contributed by atoms with Gasteiger partial charge in [0, 0.05) is 6.04 Å². The number of benzene rings is 2. The normalized spacial score (nSPS) is 11.7. The monoisotopic (exact) mass is 317 g/mol. The van der Waals surface area contributed by atoms with Crippen LogP contribution in [0, 0.1) is 0 Å². The first-order chi connectivity index (χ1) is 10.3. The van der Waals surface area contributed by atoms with Gasteiger partial charge in [0.25, 0.3) is 0 Å². The lowest BCUT2D eigenvalue weighted by Gasteiger charge is -2.08. The highest BCUT2D eigenvalue weighted by Crippen LogP contribution is 2.20. The summed E-state index contributed by atoms with van der Waals surface area (Å²) >= 11 is 0. The Morgan fingerprint density at radius 2 is 1.45 bits per heavy atom. The second-order valence-corrected chi connectivity index (χ2v) is 5.83. The van der Waals surface area contributed by atoms with E-state index in [1.807, 2.05) is 0 Å². The molecule has 0 aliphatic rings. The van der Waals surface area contributed by atoms with Gasteiger partial charge in [-0.3, -0.25) is 0 Å². The SMILES string of the molecule is CCC(N)CCCCCc1ccc(-c2ccccc2)cc1.Cl. The molecule has 0 radical (unpaired) electrons. The van der Waals surface area contributed by atoms with Gasteiger partial charge in [-0.05, 0) is 42.4 Å². The molecule has 0 saturated heterocycles. The van der Waals surface area contributed by atoms with Crippen molar-refractivity contribution in [3.63, 3.8) is 0 Å². The Morgan fingerprint density at radius 3 is 2.09 bits per heavy atom. The summed E-state index contributed by atoms with van der Waals surface area (Å²) in [4.78, 5) is 0. The maximum absolute atomic E-state index is 5.94. The summed E-state index contributed by atoms with van der Waals surface area (Å²) in [5.74, 6) is 0. The van der Waals surface area contributed by atoms with Crippen LogP contribution in [0.25, 0.3) is 11.1 Å². The summed E-state index contributed by atoms with van der Waals surface area (Å²) in [5.41, 5.74) is 9.97. The average molecular weight is 318 g/mol. The van der Waals surface area contributed by atoms with Crippen molar-refractivity contribution in [2.75, 3.05) is 0 Å². The molecular formula is C20H28ClN. The minimum absolute atomic E-state index is 0. The Hall–Kier alpha value is -1.31. The van der Waals surface area contributed by atoms with E-state index in [0.717, 1.165) is 6.42 Å². The molecule has 0 heterocycles. The van der Waals surface area contributed by atoms with Gasteiger partial charge in [-0.2, -0.15) is 0 Å². The van der Waals surface area contributed by atoms with Crippen molar-refractivity contribution in [3.8, 4) is 11.1 Å². The third kappa shape index (κ3) is 6.21. The molecule has 0 fully saturated rings. The van der Waals surface area contributed by atoms with Crippen LogP contribution in [0.15, 0.2) is 54.6 Å². The topological polar surface area (TPSA) is 26.0 Å². The lowest BCUT2D eigenvalue weighted by Crippen LogP contribution is -2.17. The highest BCUT2D eigenvalue weighted by atomic mass is 35.5. The van der Waals surface area contributed by atoms with E-state index in [-0.39, 0.29) is 12.4 Å². The smallest absolute Gasteiger partial charge is 0.00362 e. The Morgan fingerprint density at radius 1 is 0.818 bits per heavy atom. The summed E-state index contributed by atoms with van der Waals surface area (Å²) in [7, 11) is 0. The van der Waals surface area contributed by atoms with Gasteiger partial charge in [0.2, 0.25) is 0 Å². The Balaban J connectivity index is 0.00000242. The minimum Gasteiger partial charge on any atom is -0.328 e. The maximum atomic E-state index is 5.94. The van der Waals surface area contributed by atoms with Crippen molar-refractivity contribution >= 4 is 12.4 Å². The molecule has 1 unspecified atom stereocenters. The van der Waals surface area contributed by atoms with E-state index in [0.29, 0.717) is 6.04 Å². The predicted molar refractivity (Wildman–Crippen MR) is 99.6 cm³/mol. The van der Waals surface area contributed by atoms with Crippen LogP contribution in [0.2, 0.25) is 0 Å². The molecule has 0 bridgehead atoms. The molecule has 2 aromatic carbocycles. The molecule has 1 nitrogen and oxygen atoms in total. The highest BCUT2D eigenvalue weighted by Gasteiger charge is 2.00. The van der Waals surface area contributed by atoms with Crippen molar-refractivity contribution in [3.05, 3.63) is 60.2 Å². The van der Waals surface area contributed by atoms with E-state index >= 15 is 0 Å². The molecular weight excluding hydrogens is 290 g/mol. The number of hydrogen-bond acceptors (Lipinski definition) is 1. The molecule has 0 aliphatic carbocycles. The molecule has 2 heteroatoms. The second-order valence-electron chi connectivity index (χ2n) is 5.83. The standard InChI is InChI=1S/C20H27N.ClH/c1-2-20(21)12-8-3-5-9-17-13-15-19(16-14-17)18-10-6-4-7-11-18;/h4,6-7,10-11,13-16,20H,2-3,5,8-9,12,21H2,1H3;1H. The van der Waals surface area contributed by atoms with Crippen LogP contribution in [0.5, 0.6) is 0 Å². The Bertz CT molecular complexity index is 507. The molecule has 120 valence electrons. The average Bonchev–Trinajstić information content (AvgIpc) is 2.55. The van der Waals surface area contributed by atoms with E-state index in [9.17, 15) is 0 Å². The zero-order chi connectivity index (χ0) is 14.9. The van der Waals surface area contributed by atoms with Gasteiger partial charge < -0.3 is 5.73 Å². The first-order valence-corrected chi connectivity index (χ1v) is 8.19. The lowest BCUT2D eigenvalue weighted by atomic mass is 10.0. The number of rotatable bonds is 8. The predicted octanol–water partition coefficient (Wildman–Crippen LogP) is 5.62. The van der Waals surface area contributed by atoms with Crippen LogP contribution in [0.4, 0.5) is 0 Å². The zero-order valence-electron chi connectivity index (χ0n) is 13.5. The fourth-order valence-corrected chi connectivity index (χ4v) is 2.61.